The monoisotopic (exact) mass is 416 g/mol. The Labute approximate surface area is 159 Å². The van der Waals surface area contributed by atoms with Gasteiger partial charge in [0.15, 0.2) is 0 Å². The Morgan fingerprint density at radius 1 is 0.708 bits per heavy atom. The lowest BCUT2D eigenvalue weighted by molar-refractivity contribution is 0.466. The maximum Gasteiger partial charge on any atom is 0.123 e. The van der Waals surface area contributed by atoms with Crippen molar-refractivity contribution < 1.29 is 5.11 Å². The van der Waals surface area contributed by atoms with Crippen molar-refractivity contribution in [2.24, 2.45) is 0 Å². The van der Waals surface area contributed by atoms with Crippen molar-refractivity contribution in [3.8, 4) is 5.75 Å². The van der Waals surface area contributed by atoms with E-state index in [4.69, 9.17) is 0 Å². The number of aromatic hydroxyl groups is 1. The highest BCUT2D eigenvalue weighted by Crippen LogP contribution is 2.35. The highest BCUT2D eigenvalue weighted by atomic mass is 79.9. The van der Waals surface area contributed by atoms with Crippen molar-refractivity contribution in [2.75, 3.05) is 0 Å². The van der Waals surface area contributed by atoms with Crippen LogP contribution < -0.4 is 0 Å². The van der Waals surface area contributed by atoms with Crippen molar-refractivity contribution in [2.45, 2.75) is 21.3 Å². The molecule has 0 aliphatic heterocycles. The summed E-state index contributed by atoms with van der Waals surface area (Å²) in [6.07, 6.45) is 0. The normalized spacial score (nSPS) is 10.7. The molecule has 1 N–H and O–H groups in total. The Balaban J connectivity index is 1.72. The van der Waals surface area contributed by atoms with Crippen LogP contribution in [0.4, 0.5) is 0 Å². The summed E-state index contributed by atoms with van der Waals surface area (Å²) in [7, 11) is 0. The zero-order valence-corrected chi connectivity index (χ0v) is 16.2. The van der Waals surface area contributed by atoms with Gasteiger partial charge >= 0.3 is 0 Å². The zero-order valence-electron chi connectivity index (χ0n) is 13.0. The third-order valence-corrected chi connectivity index (χ3v) is 6.09. The molecular formula is C20H17BrOS2. The van der Waals surface area contributed by atoms with Gasteiger partial charge in [-0.3, -0.25) is 0 Å². The third-order valence-electron chi connectivity index (χ3n) is 3.51. The molecule has 122 valence electrons. The number of rotatable bonds is 6. The van der Waals surface area contributed by atoms with Crippen LogP contribution in [0.1, 0.15) is 11.1 Å². The molecule has 3 rings (SSSR count). The second-order valence-electron chi connectivity index (χ2n) is 5.28. The van der Waals surface area contributed by atoms with Crippen LogP contribution in [0.25, 0.3) is 0 Å². The summed E-state index contributed by atoms with van der Waals surface area (Å²) >= 11 is 7.03. The van der Waals surface area contributed by atoms with E-state index in [1.54, 1.807) is 23.5 Å². The van der Waals surface area contributed by atoms with E-state index in [9.17, 15) is 5.11 Å². The smallest absolute Gasteiger partial charge is 0.123 e. The molecule has 3 aromatic carbocycles. The van der Waals surface area contributed by atoms with Gasteiger partial charge in [0.05, 0.1) is 0 Å². The Kier molecular flexibility index (Phi) is 6.30. The predicted molar refractivity (Wildman–Crippen MR) is 108 cm³/mol. The van der Waals surface area contributed by atoms with E-state index < -0.39 is 0 Å². The summed E-state index contributed by atoms with van der Waals surface area (Å²) in [4.78, 5) is 2.41. The number of phenols is 1. The maximum atomic E-state index is 10.6. The summed E-state index contributed by atoms with van der Waals surface area (Å²) < 4.78 is 1.01. The van der Waals surface area contributed by atoms with Gasteiger partial charge in [0.1, 0.15) is 5.75 Å². The minimum absolute atomic E-state index is 0.407. The number of thioether (sulfide) groups is 2. The summed E-state index contributed by atoms with van der Waals surface area (Å²) in [5.41, 5.74) is 1.92. The lowest BCUT2D eigenvalue weighted by Gasteiger charge is -2.11. The van der Waals surface area contributed by atoms with E-state index in [0.29, 0.717) is 5.75 Å². The van der Waals surface area contributed by atoms with Crippen molar-refractivity contribution in [3.05, 3.63) is 88.4 Å². The lowest BCUT2D eigenvalue weighted by atomic mass is 10.1. The third kappa shape index (κ3) is 4.82. The van der Waals surface area contributed by atoms with E-state index in [0.717, 1.165) is 27.1 Å². The van der Waals surface area contributed by atoms with Gasteiger partial charge in [0.25, 0.3) is 0 Å². The number of halogens is 1. The van der Waals surface area contributed by atoms with Gasteiger partial charge in [-0.05, 0) is 36.4 Å². The fourth-order valence-electron chi connectivity index (χ4n) is 2.29. The van der Waals surface area contributed by atoms with E-state index in [-0.39, 0.29) is 0 Å². The van der Waals surface area contributed by atoms with E-state index in [2.05, 4.69) is 40.2 Å². The standard InChI is InChI=1S/C20H17BrOS2/c21-17-11-15(13-23-18-7-3-1-4-8-18)20(22)16(12-17)14-24-19-9-5-2-6-10-19/h1-12,22H,13-14H2. The van der Waals surface area contributed by atoms with Crippen LogP contribution in [0.3, 0.4) is 0 Å². The van der Waals surface area contributed by atoms with Gasteiger partial charge in [-0.1, -0.05) is 52.3 Å². The van der Waals surface area contributed by atoms with Crippen LogP contribution in [0, 0.1) is 0 Å². The summed E-state index contributed by atoms with van der Waals surface area (Å²) in [5, 5.41) is 10.6. The predicted octanol–water partition coefficient (Wildman–Crippen LogP) is 6.74. The second kappa shape index (κ2) is 8.65. The summed E-state index contributed by atoms with van der Waals surface area (Å²) in [6.45, 7) is 0. The number of phenolic OH excluding ortho intramolecular Hbond substituents is 1. The number of hydrogen-bond donors (Lipinski definition) is 1. The molecule has 3 aromatic rings. The van der Waals surface area contributed by atoms with Gasteiger partial charge in [-0.2, -0.15) is 0 Å². The van der Waals surface area contributed by atoms with Crippen LogP contribution in [-0.4, -0.2) is 5.11 Å². The molecule has 0 aromatic heterocycles. The second-order valence-corrected chi connectivity index (χ2v) is 8.29. The molecule has 1 nitrogen and oxygen atoms in total. The van der Waals surface area contributed by atoms with Gasteiger partial charge in [-0.25, -0.2) is 0 Å². The molecule has 0 heterocycles. The van der Waals surface area contributed by atoms with Crippen LogP contribution in [0.2, 0.25) is 0 Å². The van der Waals surface area contributed by atoms with E-state index in [1.807, 2.05) is 48.5 Å². The molecule has 0 aliphatic carbocycles. The lowest BCUT2D eigenvalue weighted by Crippen LogP contribution is -1.90. The van der Waals surface area contributed by atoms with Gasteiger partial charge in [-0.15, -0.1) is 23.5 Å². The van der Waals surface area contributed by atoms with Gasteiger partial charge in [0, 0.05) is 36.9 Å². The van der Waals surface area contributed by atoms with Crippen LogP contribution in [-0.2, 0) is 11.5 Å². The maximum absolute atomic E-state index is 10.6. The summed E-state index contributed by atoms with van der Waals surface area (Å²) in [5.74, 6) is 1.90. The minimum Gasteiger partial charge on any atom is -0.507 e. The first-order chi connectivity index (χ1) is 11.7. The van der Waals surface area contributed by atoms with E-state index in [1.165, 1.54) is 9.79 Å². The van der Waals surface area contributed by atoms with Crippen molar-refractivity contribution in [3.63, 3.8) is 0 Å². The quantitative estimate of drug-likeness (QED) is 0.449. The summed E-state index contributed by atoms with van der Waals surface area (Å²) in [6, 6.07) is 24.5. The zero-order chi connectivity index (χ0) is 16.8. The van der Waals surface area contributed by atoms with Crippen molar-refractivity contribution in [1.82, 2.24) is 0 Å². The molecule has 0 fully saturated rings. The molecule has 0 radical (unpaired) electrons. The molecule has 0 saturated heterocycles. The molecule has 0 spiro atoms. The SMILES string of the molecule is Oc1c(CSc2ccccc2)cc(Br)cc1CSc1ccccc1. The molecular weight excluding hydrogens is 400 g/mol. The molecule has 0 saturated carbocycles. The highest BCUT2D eigenvalue weighted by molar-refractivity contribution is 9.10. The fourth-order valence-corrected chi connectivity index (χ4v) is 4.63. The first kappa shape index (κ1) is 17.5. The molecule has 0 bridgehead atoms. The van der Waals surface area contributed by atoms with Gasteiger partial charge < -0.3 is 5.11 Å². The molecule has 24 heavy (non-hydrogen) atoms. The average molecular weight is 417 g/mol. The Morgan fingerprint density at radius 3 is 1.54 bits per heavy atom. The number of benzene rings is 3. The Bertz CT molecular complexity index is 727. The molecule has 0 atom stereocenters. The topological polar surface area (TPSA) is 20.2 Å². The highest BCUT2D eigenvalue weighted by Gasteiger charge is 2.10. The van der Waals surface area contributed by atoms with Crippen molar-refractivity contribution in [1.29, 1.82) is 0 Å². The van der Waals surface area contributed by atoms with Crippen LogP contribution in [0.15, 0.2) is 87.1 Å². The van der Waals surface area contributed by atoms with Crippen molar-refractivity contribution >= 4 is 39.5 Å². The molecule has 0 unspecified atom stereocenters. The van der Waals surface area contributed by atoms with Crippen LogP contribution >= 0.6 is 39.5 Å². The van der Waals surface area contributed by atoms with E-state index >= 15 is 0 Å². The Morgan fingerprint density at radius 2 is 1.12 bits per heavy atom. The molecule has 0 amide bonds. The first-order valence-electron chi connectivity index (χ1n) is 7.58. The average Bonchev–Trinajstić information content (AvgIpc) is 2.62. The molecule has 4 heteroatoms. The van der Waals surface area contributed by atoms with Crippen LogP contribution in [0.5, 0.6) is 5.75 Å². The first-order valence-corrected chi connectivity index (χ1v) is 10.3. The minimum atomic E-state index is 0.407. The Hall–Kier alpha value is -1.36. The largest absolute Gasteiger partial charge is 0.507 e. The number of hydrogen-bond acceptors (Lipinski definition) is 3. The molecule has 0 aliphatic rings. The van der Waals surface area contributed by atoms with Gasteiger partial charge in [0.2, 0.25) is 0 Å². The fraction of sp³-hybridized carbons (Fsp3) is 0.100.